The fourth-order valence-corrected chi connectivity index (χ4v) is 12.9. The van der Waals surface area contributed by atoms with Gasteiger partial charge in [0.2, 0.25) is 11.8 Å². The highest BCUT2D eigenvalue weighted by atomic mass is 19.1. The zero-order valence-electron chi connectivity index (χ0n) is 40.9. The highest BCUT2D eigenvalue weighted by molar-refractivity contribution is 5.87. The summed E-state index contributed by atoms with van der Waals surface area (Å²) in [5.74, 6) is -0.866. The van der Waals surface area contributed by atoms with Gasteiger partial charge in [0.15, 0.2) is 11.6 Å². The van der Waals surface area contributed by atoms with Crippen LogP contribution in [0.25, 0.3) is 22.1 Å². The summed E-state index contributed by atoms with van der Waals surface area (Å²) in [6, 6.07) is 11.7. The van der Waals surface area contributed by atoms with Gasteiger partial charge < -0.3 is 59.9 Å². The lowest BCUT2D eigenvalue weighted by Crippen LogP contribution is -2.52. The Morgan fingerprint density at radius 3 is 1.47 bits per heavy atom. The highest BCUT2D eigenvalue weighted by Crippen LogP contribution is 2.49. The van der Waals surface area contributed by atoms with Gasteiger partial charge in [-0.25, -0.2) is 28.3 Å². The molecule has 8 heterocycles. The number of rotatable bonds is 12. The number of aromatic nitrogens is 4. The number of benzene rings is 3. The number of nitrogens with one attached hydrogen (secondary N) is 4. The topological polar surface area (TPSA) is 222 Å². The number of hydrogen-bond donors (Lipinski definition) is 6. The Bertz CT molecular complexity index is 2680. The molecular formula is C53H64F2N10O8. The molecule has 4 amide bonds. The first-order valence-corrected chi connectivity index (χ1v) is 26.3. The third-order valence-corrected chi connectivity index (χ3v) is 16.4. The molecule has 2 aromatic heterocycles. The standard InChI is InChI=1S/C53H64F2N10O8/c54-35-28-34(29-36(55)47(35)62-18-2-1-3-19-62)65-41(32-8-10-37-39(26-32)58-48(56-37)43-6-4-20-63(43)50(66)45(60-52(68)69)30-14-22-72-23-15-30)12-13-42(65)33-9-11-38-40(27-33)59-49(57-38)44-7-5-21-64(44)51(67)46(61-53(70)71)31-16-24-73-25-17-31/h8-11,26-31,41-46,60-61H,1-7,12-25H2,(H,56,58)(H,57,59)(H,68,69)(H,70,71)/t41-,42+,43?,44?,45-,46?/m0/s1. The third-order valence-electron chi connectivity index (χ3n) is 16.4. The minimum absolute atomic E-state index is 0.00112. The number of carbonyl (C=O) groups excluding carboxylic acids is 2. The van der Waals surface area contributed by atoms with Crippen LogP contribution in [0.4, 0.5) is 29.7 Å². The zero-order chi connectivity index (χ0) is 50.3. The molecule has 0 bridgehead atoms. The molecule has 6 fully saturated rings. The van der Waals surface area contributed by atoms with Crippen LogP contribution in [0.2, 0.25) is 0 Å². The maximum atomic E-state index is 16.5. The molecule has 388 valence electrons. The van der Waals surface area contributed by atoms with E-state index in [9.17, 15) is 29.4 Å². The molecule has 6 aliphatic heterocycles. The molecule has 0 spiro atoms. The fourth-order valence-electron chi connectivity index (χ4n) is 12.9. The summed E-state index contributed by atoms with van der Waals surface area (Å²) < 4.78 is 44.0. The van der Waals surface area contributed by atoms with E-state index in [0.717, 1.165) is 54.3 Å². The zero-order valence-corrected chi connectivity index (χ0v) is 40.9. The van der Waals surface area contributed by atoms with Crippen molar-refractivity contribution in [3.05, 3.63) is 82.9 Å². The third kappa shape index (κ3) is 9.75. The largest absolute Gasteiger partial charge is 0.465 e. The van der Waals surface area contributed by atoms with Crippen molar-refractivity contribution in [1.29, 1.82) is 0 Å². The molecule has 73 heavy (non-hydrogen) atoms. The average molecular weight is 1010 g/mol. The molecule has 20 heteroatoms. The van der Waals surface area contributed by atoms with Crippen LogP contribution >= 0.6 is 0 Å². The van der Waals surface area contributed by atoms with Crippen LogP contribution in [0, 0.1) is 23.5 Å². The van der Waals surface area contributed by atoms with Gasteiger partial charge in [-0.2, -0.15) is 0 Å². The first kappa shape index (κ1) is 48.7. The fraction of sp³-hybridized carbons (Fsp3) is 0.547. The number of fused-ring (bicyclic) bond motifs is 2. The van der Waals surface area contributed by atoms with E-state index in [1.807, 2.05) is 41.3 Å². The number of anilines is 2. The molecule has 6 N–H and O–H groups in total. The monoisotopic (exact) mass is 1010 g/mol. The van der Waals surface area contributed by atoms with E-state index in [1.54, 1.807) is 9.80 Å². The van der Waals surface area contributed by atoms with E-state index >= 15 is 8.78 Å². The molecule has 3 unspecified atom stereocenters. The van der Waals surface area contributed by atoms with Crippen molar-refractivity contribution in [2.24, 2.45) is 11.8 Å². The quantitative estimate of drug-likeness (QED) is 0.0696. The molecule has 0 radical (unpaired) electrons. The molecule has 6 aliphatic rings. The van der Waals surface area contributed by atoms with Gasteiger partial charge in [-0.15, -0.1) is 0 Å². The molecule has 18 nitrogen and oxygen atoms in total. The number of ether oxygens (including phenoxy) is 2. The van der Waals surface area contributed by atoms with Crippen molar-refractivity contribution in [2.45, 2.75) is 120 Å². The smallest absolute Gasteiger partial charge is 0.405 e. The number of likely N-dealkylation sites (tertiary alicyclic amines) is 2. The summed E-state index contributed by atoms with van der Waals surface area (Å²) in [5.41, 5.74) is 5.13. The van der Waals surface area contributed by atoms with E-state index in [4.69, 9.17) is 19.4 Å². The van der Waals surface area contributed by atoms with Gasteiger partial charge in [-0.05, 0) is 143 Å². The number of H-pyrrole nitrogens is 2. The van der Waals surface area contributed by atoms with Crippen molar-refractivity contribution in [2.75, 3.05) is 62.4 Å². The Hall–Kier alpha value is -6.54. The second-order valence-corrected chi connectivity index (χ2v) is 20.8. The van der Waals surface area contributed by atoms with E-state index in [1.165, 1.54) is 12.1 Å². The summed E-state index contributed by atoms with van der Waals surface area (Å²) in [7, 11) is 0. The SMILES string of the molecule is O=C(O)NC(C(=O)N1CCCC1c1nc2cc([C@H]3CC[C@@H](c4ccc5[nH]c(C6CCCN6C(=O)[C@@H](NC(=O)O)C6CCOCC6)nc5c4)N3c3cc(F)c(N4CCCCC4)c(F)c3)ccc2[nH]1)C1CCOCC1. The van der Waals surface area contributed by atoms with Gasteiger partial charge >= 0.3 is 12.2 Å². The lowest BCUT2D eigenvalue weighted by Gasteiger charge is -2.35. The van der Waals surface area contributed by atoms with Crippen LogP contribution in [-0.2, 0) is 19.1 Å². The number of carbonyl (C=O) groups is 4. The maximum Gasteiger partial charge on any atom is 0.405 e. The summed E-state index contributed by atoms with van der Waals surface area (Å²) in [6.07, 6.45) is 6.72. The Balaban J connectivity index is 0.897. The van der Waals surface area contributed by atoms with Crippen molar-refractivity contribution >= 4 is 57.4 Å². The lowest BCUT2D eigenvalue weighted by atomic mass is 9.90. The number of amides is 4. The van der Waals surface area contributed by atoms with E-state index in [0.29, 0.717) is 132 Å². The number of carboxylic acid groups (broad SMARTS) is 2. The lowest BCUT2D eigenvalue weighted by molar-refractivity contribution is -0.137. The Morgan fingerprint density at radius 1 is 0.575 bits per heavy atom. The summed E-state index contributed by atoms with van der Waals surface area (Å²) in [6.45, 7) is 4.01. The van der Waals surface area contributed by atoms with Crippen LogP contribution in [0.3, 0.4) is 0 Å². The molecule has 0 aliphatic carbocycles. The normalized spacial score (nSPS) is 24.1. The van der Waals surface area contributed by atoms with Crippen LogP contribution in [0.15, 0.2) is 48.5 Å². The van der Waals surface area contributed by atoms with Gasteiger partial charge in [-0.3, -0.25) is 9.59 Å². The summed E-state index contributed by atoms with van der Waals surface area (Å²) in [4.78, 5) is 76.6. The Morgan fingerprint density at radius 2 is 1.03 bits per heavy atom. The number of imidazole rings is 2. The number of aromatic amines is 2. The van der Waals surface area contributed by atoms with Gasteiger partial charge in [0.05, 0.1) is 46.2 Å². The molecule has 3 aromatic carbocycles. The highest BCUT2D eigenvalue weighted by Gasteiger charge is 2.43. The van der Waals surface area contributed by atoms with Crippen LogP contribution in [0.1, 0.15) is 130 Å². The Kier molecular flexibility index (Phi) is 13.9. The summed E-state index contributed by atoms with van der Waals surface area (Å²) >= 11 is 0. The number of nitrogens with zero attached hydrogens (tertiary/aromatic N) is 6. The van der Waals surface area contributed by atoms with Gasteiger partial charge in [0.25, 0.3) is 0 Å². The summed E-state index contributed by atoms with van der Waals surface area (Å²) in [5, 5.41) is 24.5. The van der Waals surface area contributed by atoms with Crippen molar-refractivity contribution in [3.63, 3.8) is 0 Å². The molecule has 0 saturated carbocycles. The maximum absolute atomic E-state index is 16.5. The van der Waals surface area contributed by atoms with Crippen molar-refractivity contribution < 1.29 is 47.6 Å². The predicted molar refractivity (Wildman–Crippen MR) is 266 cm³/mol. The van der Waals surface area contributed by atoms with Gasteiger partial charge in [-0.1, -0.05) is 12.1 Å². The average Bonchev–Trinajstić information content (AvgIpc) is 4.26. The molecule has 6 saturated heterocycles. The minimum atomic E-state index is -1.24. The molecular weight excluding hydrogens is 943 g/mol. The van der Waals surface area contributed by atoms with Gasteiger partial charge in [0, 0.05) is 58.3 Å². The number of hydrogen-bond acceptors (Lipinski definition) is 10. The van der Waals surface area contributed by atoms with Crippen LogP contribution < -0.4 is 20.4 Å². The van der Waals surface area contributed by atoms with Crippen molar-refractivity contribution in [1.82, 2.24) is 40.4 Å². The van der Waals surface area contributed by atoms with Crippen LogP contribution in [-0.4, -0.2) is 129 Å². The van der Waals surface area contributed by atoms with E-state index < -0.39 is 35.9 Å². The molecule has 6 atom stereocenters. The van der Waals surface area contributed by atoms with E-state index in [2.05, 4.69) is 25.5 Å². The first-order chi connectivity index (χ1) is 35.5. The van der Waals surface area contributed by atoms with E-state index in [-0.39, 0.29) is 53.5 Å². The van der Waals surface area contributed by atoms with Gasteiger partial charge in [0.1, 0.15) is 29.4 Å². The molecule has 5 aromatic rings. The number of piperidine rings is 1. The minimum Gasteiger partial charge on any atom is -0.465 e. The van der Waals surface area contributed by atoms with Crippen LogP contribution in [0.5, 0.6) is 0 Å². The van der Waals surface area contributed by atoms with Crippen molar-refractivity contribution in [3.8, 4) is 0 Å². The second-order valence-electron chi connectivity index (χ2n) is 20.8. The number of halogens is 2. The second kappa shape index (κ2) is 20.8. The molecule has 11 rings (SSSR count). The first-order valence-electron chi connectivity index (χ1n) is 26.3. The Labute approximate surface area is 421 Å². The predicted octanol–water partition coefficient (Wildman–Crippen LogP) is 8.24.